The van der Waals surface area contributed by atoms with Crippen LogP contribution < -0.4 is 26.6 Å². The molecule has 4 atom stereocenters. The summed E-state index contributed by atoms with van der Waals surface area (Å²) in [6.45, 7) is 2.54. The Morgan fingerprint density at radius 1 is 0.918 bits per heavy atom. The summed E-state index contributed by atoms with van der Waals surface area (Å²) < 4.78 is 6.15. The van der Waals surface area contributed by atoms with E-state index < -0.39 is 54.0 Å². The normalized spacial score (nSPS) is 15.0. The Balaban J connectivity index is 1.31. The number of nitrogens with one attached hydrogen (secondary N) is 6. The molecular weight excluding hydrogens is 825 g/mol. The van der Waals surface area contributed by atoms with Crippen molar-refractivity contribution in [3.8, 4) is 0 Å². The van der Waals surface area contributed by atoms with Crippen LogP contribution in [0.3, 0.4) is 0 Å². The Hall–Kier alpha value is -5.86. The van der Waals surface area contributed by atoms with E-state index in [0.29, 0.717) is 58.5 Å². The highest BCUT2D eigenvalue weighted by atomic mass is 32.2. The van der Waals surface area contributed by atoms with Crippen LogP contribution in [0.1, 0.15) is 61.7 Å². The van der Waals surface area contributed by atoms with Crippen molar-refractivity contribution < 1.29 is 38.6 Å². The van der Waals surface area contributed by atoms with Gasteiger partial charge in [-0.1, -0.05) is 30.3 Å². The molecule has 1 aliphatic rings. The number of alkyl carbamates (subject to hydrolysis) is 1. The minimum atomic E-state index is -1.14. The van der Waals surface area contributed by atoms with E-state index in [1.54, 1.807) is 30.3 Å². The molecule has 5 amide bonds. The fourth-order valence-corrected chi connectivity index (χ4v) is 8.37. The summed E-state index contributed by atoms with van der Waals surface area (Å²) in [5.41, 5.74) is 2.44. The van der Waals surface area contributed by atoms with Gasteiger partial charge in [0.15, 0.2) is 6.04 Å². The number of ether oxygens (including phenoxy) is 1. The number of aromatic amines is 1. The molecule has 0 bridgehead atoms. The molecule has 0 fully saturated rings. The van der Waals surface area contributed by atoms with Crippen LogP contribution in [0.15, 0.2) is 66.0 Å². The Kier molecular flexibility index (Phi) is 17.6. The molecule has 18 nitrogen and oxygen atoms in total. The Bertz CT molecular complexity index is 2150. The Morgan fingerprint density at radius 3 is 2.31 bits per heavy atom. The van der Waals surface area contributed by atoms with E-state index in [2.05, 4.69) is 46.5 Å². The predicted molar refractivity (Wildman–Crippen MR) is 233 cm³/mol. The van der Waals surface area contributed by atoms with Crippen molar-refractivity contribution in [3.05, 3.63) is 77.3 Å². The van der Waals surface area contributed by atoms with Gasteiger partial charge in [-0.05, 0) is 82.9 Å². The van der Waals surface area contributed by atoms with Crippen LogP contribution in [-0.4, -0.2) is 123 Å². The standard InChI is InChI=1S/C41H52N10O8S2/c1-25(52)43-17-9-7-13-30(35(53)45-27-15-16-29-34(20-27)61-39(48-29)38-49-33(23-60-38)40(56)57)46-36(54)31(14-8-10-18-51(2)3)47-37(55)32(19-28-21-42-24-44-28)50-41(58)59-22-26-11-5-4-6-12-26/h4-6,11-12,15-16,20-21,24,30-33H,7-10,13-14,17-19,22-23H2,1-3H3,(H,42,44)(H,43,52)(H,45,53)(H,46,54)(H,47,55)(H,50,58)(H,56,57). The second-order valence-corrected chi connectivity index (χ2v) is 16.8. The molecule has 0 radical (unpaired) electrons. The average Bonchev–Trinajstić information content (AvgIpc) is 4.02. The summed E-state index contributed by atoms with van der Waals surface area (Å²) in [6.07, 6.45) is 5.00. The summed E-state index contributed by atoms with van der Waals surface area (Å²) in [7, 11) is 3.88. The van der Waals surface area contributed by atoms with E-state index in [1.165, 1.54) is 42.5 Å². The Morgan fingerprint density at radius 2 is 1.64 bits per heavy atom. The van der Waals surface area contributed by atoms with Crippen LogP contribution in [0.5, 0.6) is 0 Å². The molecule has 2 aromatic carbocycles. The molecule has 0 aliphatic carbocycles. The smallest absolute Gasteiger partial charge is 0.408 e. The van der Waals surface area contributed by atoms with Crippen LogP contribution in [-0.2, 0) is 41.7 Å². The third-order valence-electron chi connectivity index (χ3n) is 9.48. The number of amides is 5. The fraction of sp³-hybridized carbons (Fsp3) is 0.439. The molecular formula is C41H52N10O8S2. The molecule has 0 saturated heterocycles. The molecule has 5 rings (SSSR count). The molecule has 0 spiro atoms. The fourth-order valence-electron chi connectivity index (χ4n) is 6.27. The van der Waals surface area contributed by atoms with Crippen molar-refractivity contribution >= 4 is 79.7 Å². The number of aliphatic carboxylic acids is 1. The van der Waals surface area contributed by atoms with Crippen molar-refractivity contribution in [1.29, 1.82) is 0 Å². The van der Waals surface area contributed by atoms with Gasteiger partial charge in [-0.15, -0.1) is 23.1 Å². The number of carboxylic acids is 1. The number of carbonyl (C=O) groups is 6. The number of carbonyl (C=O) groups excluding carboxylic acids is 5. The lowest BCUT2D eigenvalue weighted by molar-refractivity contribution is -0.137. The maximum absolute atomic E-state index is 14.2. The van der Waals surface area contributed by atoms with Crippen molar-refractivity contribution in [3.63, 3.8) is 0 Å². The SMILES string of the molecule is CC(=O)NCCCCC(NC(=O)C(CCCCN(C)C)NC(=O)C(Cc1cnc[nH]1)NC(=O)OCc1ccccc1)C(=O)Nc1ccc2nc(C3=NC(C(=O)O)CS3)sc2c1. The molecule has 326 valence electrons. The molecule has 1 aliphatic heterocycles. The second kappa shape index (κ2) is 23.2. The maximum atomic E-state index is 14.2. The quantitative estimate of drug-likeness (QED) is 0.0530. The van der Waals surface area contributed by atoms with Gasteiger partial charge in [0.25, 0.3) is 0 Å². The van der Waals surface area contributed by atoms with Crippen LogP contribution in [0.25, 0.3) is 10.2 Å². The highest BCUT2D eigenvalue weighted by molar-refractivity contribution is 8.15. The van der Waals surface area contributed by atoms with Gasteiger partial charge in [-0.2, -0.15) is 0 Å². The minimum Gasteiger partial charge on any atom is -0.480 e. The number of carboxylic acid groups (broad SMARTS) is 1. The molecule has 2 aromatic heterocycles. The first-order chi connectivity index (χ1) is 29.3. The zero-order valence-corrected chi connectivity index (χ0v) is 35.9. The largest absolute Gasteiger partial charge is 0.480 e. The predicted octanol–water partition coefficient (Wildman–Crippen LogP) is 3.45. The van der Waals surface area contributed by atoms with Crippen LogP contribution >= 0.6 is 23.1 Å². The number of benzene rings is 2. The summed E-state index contributed by atoms with van der Waals surface area (Å²) in [5.74, 6) is -2.55. The lowest BCUT2D eigenvalue weighted by Gasteiger charge is -2.25. The topological polar surface area (TPSA) is 249 Å². The van der Waals surface area contributed by atoms with E-state index in [-0.39, 0.29) is 31.8 Å². The second-order valence-electron chi connectivity index (χ2n) is 14.7. The summed E-state index contributed by atoms with van der Waals surface area (Å²) >= 11 is 2.66. The molecule has 7 N–H and O–H groups in total. The van der Waals surface area contributed by atoms with Crippen LogP contribution in [0, 0.1) is 0 Å². The number of imidazole rings is 1. The maximum Gasteiger partial charge on any atom is 0.408 e. The molecule has 4 aromatic rings. The lowest BCUT2D eigenvalue weighted by Crippen LogP contribution is -2.56. The number of aromatic nitrogens is 3. The highest BCUT2D eigenvalue weighted by Crippen LogP contribution is 2.31. The number of fused-ring (bicyclic) bond motifs is 1. The van der Waals surface area contributed by atoms with Crippen LogP contribution in [0.4, 0.5) is 10.5 Å². The zero-order chi connectivity index (χ0) is 43.7. The van der Waals surface area contributed by atoms with E-state index in [9.17, 15) is 33.9 Å². The van der Waals surface area contributed by atoms with Crippen molar-refractivity contribution in [1.82, 2.24) is 41.1 Å². The van der Waals surface area contributed by atoms with E-state index in [4.69, 9.17) is 4.74 Å². The van der Waals surface area contributed by atoms with E-state index in [0.717, 1.165) is 23.2 Å². The highest BCUT2D eigenvalue weighted by Gasteiger charge is 2.31. The van der Waals surface area contributed by atoms with Gasteiger partial charge < -0.3 is 46.3 Å². The number of hydrogen-bond acceptors (Lipinski definition) is 13. The van der Waals surface area contributed by atoms with Gasteiger partial charge in [0.05, 0.1) is 16.5 Å². The summed E-state index contributed by atoms with van der Waals surface area (Å²) in [4.78, 5) is 95.8. The van der Waals surface area contributed by atoms with Gasteiger partial charge in [0, 0.05) is 43.2 Å². The number of hydrogen-bond donors (Lipinski definition) is 7. The van der Waals surface area contributed by atoms with E-state index >= 15 is 0 Å². The molecule has 0 saturated carbocycles. The van der Waals surface area contributed by atoms with Crippen LogP contribution in [0.2, 0.25) is 0 Å². The van der Waals surface area contributed by atoms with Crippen molar-refractivity contribution in [2.24, 2.45) is 4.99 Å². The number of anilines is 1. The first kappa shape index (κ1) is 46.2. The first-order valence-corrected chi connectivity index (χ1v) is 21.7. The van der Waals surface area contributed by atoms with Crippen molar-refractivity contribution in [2.75, 3.05) is 38.3 Å². The van der Waals surface area contributed by atoms with Gasteiger partial charge in [-0.25, -0.2) is 19.6 Å². The number of thioether (sulfide) groups is 1. The summed E-state index contributed by atoms with van der Waals surface area (Å²) in [6, 6.07) is 10.2. The Labute approximate surface area is 361 Å². The summed E-state index contributed by atoms with van der Waals surface area (Å²) in [5, 5.41) is 24.5. The zero-order valence-electron chi connectivity index (χ0n) is 34.3. The lowest BCUT2D eigenvalue weighted by atomic mass is 10.0. The number of nitrogens with zero attached hydrogens (tertiary/aromatic N) is 4. The number of unbranched alkanes of at least 4 members (excludes halogenated alkanes) is 2. The first-order valence-electron chi connectivity index (χ1n) is 19.9. The monoisotopic (exact) mass is 876 g/mol. The van der Waals surface area contributed by atoms with Gasteiger partial charge in [0.2, 0.25) is 23.6 Å². The number of rotatable bonds is 23. The third-order valence-corrected chi connectivity index (χ3v) is 11.7. The average molecular weight is 877 g/mol. The molecule has 20 heteroatoms. The van der Waals surface area contributed by atoms with Crippen molar-refractivity contribution in [2.45, 2.75) is 82.6 Å². The molecule has 4 unspecified atom stereocenters. The van der Waals surface area contributed by atoms with Gasteiger partial charge in [-0.3, -0.25) is 24.2 Å². The third kappa shape index (κ3) is 15.0. The van der Waals surface area contributed by atoms with E-state index in [1.807, 2.05) is 37.2 Å². The van der Waals surface area contributed by atoms with Gasteiger partial charge in [0.1, 0.15) is 34.8 Å². The minimum absolute atomic E-state index is 0.0146. The molecule has 3 heterocycles. The number of H-pyrrole nitrogens is 1. The van der Waals surface area contributed by atoms with Gasteiger partial charge >= 0.3 is 12.1 Å². The number of thiazole rings is 1. The number of aliphatic imine (C=N–C) groups is 1. The molecule has 61 heavy (non-hydrogen) atoms.